The van der Waals surface area contributed by atoms with Crippen LogP contribution >= 0.6 is 0 Å². The van der Waals surface area contributed by atoms with Gasteiger partial charge in [0.1, 0.15) is 0 Å². The Labute approximate surface area is 137 Å². The minimum Gasteiger partial charge on any atom is -0.427 e. The SMILES string of the molecule is O.[O-][I+2]([O-])[O-].[O-][I+2]([O-])[O-].[O-][I+2]([O-])[O-].[Sm+3]. The van der Waals surface area contributed by atoms with Gasteiger partial charge in [-0.05, 0) is 0 Å². The molecule has 0 aliphatic heterocycles. The van der Waals surface area contributed by atoms with Gasteiger partial charge in [0, 0.05) is 0 Å². The average molecular weight is 693 g/mol. The van der Waals surface area contributed by atoms with Crippen molar-refractivity contribution in [3.05, 3.63) is 0 Å². The van der Waals surface area contributed by atoms with E-state index in [0.717, 1.165) is 0 Å². The van der Waals surface area contributed by atoms with Crippen molar-refractivity contribution in [2.24, 2.45) is 0 Å². The van der Waals surface area contributed by atoms with E-state index in [-0.39, 0.29) is 45.9 Å². The van der Waals surface area contributed by atoms with Crippen molar-refractivity contribution in [2.75, 3.05) is 0 Å². The summed E-state index contributed by atoms with van der Waals surface area (Å²) in [5.41, 5.74) is 0. The molecule has 0 fully saturated rings. The molecule has 0 bridgehead atoms. The van der Waals surface area contributed by atoms with Crippen LogP contribution in [0, 0.1) is 40.4 Å². The van der Waals surface area contributed by atoms with Gasteiger partial charge in [-0.3, -0.25) is 0 Å². The van der Waals surface area contributed by atoms with Crippen molar-refractivity contribution in [1.29, 1.82) is 0 Å². The standard InChI is InChI=1S/3IO3.H2O.Sm/c3*2-1(3)4;;/h;;;1H2;/q3*-1;;+3. The Morgan fingerprint density at radius 3 is 0.429 bits per heavy atom. The van der Waals surface area contributed by atoms with Gasteiger partial charge < -0.3 is 36.4 Å². The smallest absolute Gasteiger partial charge is 0.427 e. The average Bonchev–Trinajstić information content (AvgIpc) is 1.54. The first-order valence-electron chi connectivity index (χ1n) is 1.39. The molecule has 2 N–H and O–H groups in total. The Balaban J connectivity index is -0.0000000270. The Morgan fingerprint density at radius 1 is 0.429 bits per heavy atom. The predicted molar refractivity (Wildman–Crippen MR) is 3.61 cm³/mol. The van der Waals surface area contributed by atoms with Crippen molar-refractivity contribution < 1.29 is 140 Å². The molecule has 0 aliphatic rings. The van der Waals surface area contributed by atoms with Crippen LogP contribution in [0.1, 0.15) is 0 Å². The van der Waals surface area contributed by atoms with E-state index in [4.69, 9.17) is 30.9 Å². The van der Waals surface area contributed by atoms with E-state index < -0.39 is 63.2 Å². The largest absolute Gasteiger partial charge is 3.00 e. The van der Waals surface area contributed by atoms with Gasteiger partial charge in [-0.2, -0.15) is 0 Å². The van der Waals surface area contributed by atoms with Gasteiger partial charge in [-0.15, -0.1) is 0 Å². The summed E-state index contributed by atoms with van der Waals surface area (Å²) in [6.07, 6.45) is 0. The van der Waals surface area contributed by atoms with E-state index in [1.807, 2.05) is 0 Å². The van der Waals surface area contributed by atoms with Gasteiger partial charge >= 0.3 is 40.4 Å². The second kappa shape index (κ2) is 25.1. The first kappa shape index (κ1) is 30.3. The minimum atomic E-state index is -4.01. The van der Waals surface area contributed by atoms with Crippen LogP contribution in [0.4, 0.5) is 0 Å². The summed E-state index contributed by atoms with van der Waals surface area (Å²) in [6.45, 7) is 0. The molecule has 0 rings (SSSR count). The van der Waals surface area contributed by atoms with Crippen LogP contribution in [0.3, 0.4) is 0 Å². The number of hydrogen-bond acceptors (Lipinski definition) is 9. The molecule has 0 spiro atoms. The number of halogens is 3. The molecule has 10 nitrogen and oxygen atoms in total. The van der Waals surface area contributed by atoms with E-state index in [1.165, 1.54) is 0 Å². The zero-order chi connectivity index (χ0) is 10.7. The maximum Gasteiger partial charge on any atom is 3.00 e. The molecule has 0 unspecified atom stereocenters. The maximum absolute atomic E-state index is 8.57. The van der Waals surface area contributed by atoms with Crippen LogP contribution in [-0.2, 0) is 0 Å². The van der Waals surface area contributed by atoms with Crippen LogP contribution in [0.15, 0.2) is 0 Å². The molecule has 0 aromatic heterocycles. The van der Waals surface area contributed by atoms with Crippen molar-refractivity contribution in [1.82, 2.24) is 0 Å². The molecule has 89 valence electrons. The minimum absolute atomic E-state index is 0. The second-order valence-electron chi connectivity index (χ2n) is 0.567. The van der Waals surface area contributed by atoms with Gasteiger partial charge in [0.25, 0.3) is 63.2 Å². The van der Waals surface area contributed by atoms with Crippen molar-refractivity contribution in [2.45, 2.75) is 0 Å². The normalized spacial score (nSPS) is 7.71. The zero-order valence-electron chi connectivity index (χ0n) is 5.72. The molecule has 0 aromatic rings. The molecule has 0 aromatic carbocycles. The first-order valence-corrected chi connectivity index (χ1v) is 9.32. The van der Waals surface area contributed by atoms with Gasteiger partial charge in [0.15, 0.2) is 0 Å². The molecular formula is H2I3O10Sm. The third-order valence-corrected chi connectivity index (χ3v) is 0. The third-order valence-electron chi connectivity index (χ3n) is 0. The molecule has 14 heteroatoms. The summed E-state index contributed by atoms with van der Waals surface area (Å²) in [5, 5.41) is 0. The molecule has 1 radical (unpaired) electrons. The Morgan fingerprint density at radius 2 is 0.429 bits per heavy atom. The second-order valence-corrected chi connectivity index (χ2v) is 3.80. The summed E-state index contributed by atoms with van der Waals surface area (Å²) < 4.78 is 77.2. The first-order chi connectivity index (χ1) is 5.20. The van der Waals surface area contributed by atoms with Gasteiger partial charge in [-0.1, -0.05) is 0 Å². The topological polar surface area (TPSA) is 239 Å². The Bertz CT molecular complexity index is 43.9. The van der Waals surface area contributed by atoms with Crippen molar-refractivity contribution >= 4 is 0 Å². The quantitative estimate of drug-likeness (QED) is 0.219. The van der Waals surface area contributed by atoms with Gasteiger partial charge in [0.05, 0.1) is 0 Å². The molecule has 0 saturated heterocycles. The van der Waals surface area contributed by atoms with E-state index in [9.17, 15) is 0 Å². The summed E-state index contributed by atoms with van der Waals surface area (Å²) >= 11 is -12.0. The van der Waals surface area contributed by atoms with Crippen molar-refractivity contribution in [3.63, 3.8) is 0 Å². The molecule has 0 aliphatic carbocycles. The fourth-order valence-electron chi connectivity index (χ4n) is 0. The Hall–Kier alpha value is 3.13. The molecule has 0 heterocycles. The Kier molecular flexibility index (Phi) is 54.3. The van der Waals surface area contributed by atoms with E-state index in [2.05, 4.69) is 0 Å². The fraction of sp³-hybridized carbons (Fsp3) is 0. The van der Waals surface area contributed by atoms with Gasteiger partial charge in [-0.25, -0.2) is 0 Å². The molecule has 14 heavy (non-hydrogen) atoms. The van der Waals surface area contributed by atoms with Crippen LogP contribution in [0.5, 0.6) is 0 Å². The number of hydrogen-bond donors (Lipinski definition) is 0. The summed E-state index contributed by atoms with van der Waals surface area (Å²) in [6, 6.07) is 0. The number of rotatable bonds is 0. The van der Waals surface area contributed by atoms with Crippen LogP contribution in [0.2, 0.25) is 0 Å². The summed E-state index contributed by atoms with van der Waals surface area (Å²) in [4.78, 5) is 0. The van der Waals surface area contributed by atoms with Crippen molar-refractivity contribution in [3.8, 4) is 0 Å². The van der Waals surface area contributed by atoms with Gasteiger partial charge in [0.2, 0.25) is 0 Å². The summed E-state index contributed by atoms with van der Waals surface area (Å²) in [7, 11) is 0. The fourth-order valence-corrected chi connectivity index (χ4v) is 0. The van der Waals surface area contributed by atoms with E-state index in [1.54, 1.807) is 0 Å². The molecular weight excluding hydrogens is 691 g/mol. The van der Waals surface area contributed by atoms with Crippen LogP contribution < -0.4 is 94.1 Å². The maximum atomic E-state index is 8.57. The zero-order valence-corrected chi connectivity index (χ0v) is 14.8. The van der Waals surface area contributed by atoms with Crippen LogP contribution in [0.25, 0.3) is 0 Å². The summed E-state index contributed by atoms with van der Waals surface area (Å²) in [5.74, 6) is 0. The molecule has 0 amide bonds. The monoisotopic (exact) mass is 695 g/mol. The molecule has 0 saturated carbocycles. The van der Waals surface area contributed by atoms with Crippen LogP contribution in [-0.4, -0.2) is 5.48 Å². The molecule has 0 atom stereocenters. The third kappa shape index (κ3) is 309. The predicted octanol–water partition coefficient (Wildman–Crippen LogP) is -20.5. The van der Waals surface area contributed by atoms with E-state index in [0.29, 0.717) is 0 Å². The van der Waals surface area contributed by atoms with E-state index >= 15 is 0 Å².